The van der Waals surface area contributed by atoms with E-state index in [4.69, 9.17) is 5.84 Å². The second-order valence-corrected chi connectivity index (χ2v) is 4.63. The van der Waals surface area contributed by atoms with Crippen molar-refractivity contribution in [3.8, 4) is 0 Å². The molecule has 7 heteroatoms. The van der Waals surface area contributed by atoms with Crippen LogP contribution >= 0.6 is 0 Å². The number of nitrogen functional groups attached to an aromatic ring is 1. The van der Waals surface area contributed by atoms with Crippen molar-refractivity contribution < 1.29 is 10.0 Å². The summed E-state index contributed by atoms with van der Waals surface area (Å²) < 4.78 is 0. The highest BCUT2D eigenvalue weighted by atomic mass is 16.6. The summed E-state index contributed by atoms with van der Waals surface area (Å²) in [5, 5.41) is 23.6. The lowest BCUT2D eigenvalue weighted by molar-refractivity contribution is -0.383. The second-order valence-electron chi connectivity index (χ2n) is 4.63. The van der Waals surface area contributed by atoms with Crippen molar-refractivity contribution in [3.05, 3.63) is 28.3 Å². The number of para-hydroxylation sites is 1. The Bertz CT molecular complexity index is 446. The fraction of sp³-hybridized carbons (Fsp3) is 0.455. The second kappa shape index (κ2) is 5.19. The predicted octanol–water partition coefficient (Wildman–Crippen LogP) is 1.45. The molecular formula is C11H18N4O3. The molecule has 1 aromatic carbocycles. The summed E-state index contributed by atoms with van der Waals surface area (Å²) >= 11 is 0. The van der Waals surface area contributed by atoms with Gasteiger partial charge in [-0.2, -0.15) is 0 Å². The fourth-order valence-electron chi connectivity index (χ4n) is 1.41. The first-order valence-electron chi connectivity index (χ1n) is 5.50. The van der Waals surface area contributed by atoms with E-state index < -0.39 is 16.6 Å². The Labute approximate surface area is 105 Å². The quantitative estimate of drug-likeness (QED) is 0.359. The van der Waals surface area contributed by atoms with E-state index in [9.17, 15) is 15.2 Å². The van der Waals surface area contributed by atoms with Gasteiger partial charge in [0.05, 0.1) is 16.6 Å². The summed E-state index contributed by atoms with van der Waals surface area (Å²) in [5.41, 5.74) is 1.97. The monoisotopic (exact) mass is 254 g/mol. The van der Waals surface area contributed by atoms with Gasteiger partial charge < -0.3 is 15.8 Å². The van der Waals surface area contributed by atoms with Gasteiger partial charge in [-0.15, -0.1) is 0 Å². The van der Waals surface area contributed by atoms with E-state index in [0.717, 1.165) is 0 Å². The van der Waals surface area contributed by atoms with Gasteiger partial charge in [-0.3, -0.25) is 16.0 Å². The number of nitro benzene ring substituents is 1. The molecule has 7 nitrogen and oxygen atoms in total. The summed E-state index contributed by atoms with van der Waals surface area (Å²) in [5.74, 6) is 5.25. The first-order chi connectivity index (χ1) is 8.29. The molecule has 1 atom stereocenters. The highest BCUT2D eigenvalue weighted by molar-refractivity contribution is 5.76. The smallest absolute Gasteiger partial charge is 0.316 e. The Hall–Kier alpha value is -1.86. The van der Waals surface area contributed by atoms with Crippen LogP contribution in [0.3, 0.4) is 0 Å². The SMILES string of the molecule is CC(O)C(C)(C)Nc1cccc(NN)c1[N+](=O)[O-]. The maximum absolute atomic E-state index is 11.1. The molecule has 0 heterocycles. The molecular weight excluding hydrogens is 236 g/mol. The number of aliphatic hydroxyl groups is 1. The van der Waals surface area contributed by atoms with E-state index in [1.54, 1.807) is 32.9 Å². The van der Waals surface area contributed by atoms with Crippen molar-refractivity contribution in [2.75, 3.05) is 10.7 Å². The van der Waals surface area contributed by atoms with Crippen LogP contribution in [0.15, 0.2) is 18.2 Å². The van der Waals surface area contributed by atoms with Gasteiger partial charge in [0.2, 0.25) is 0 Å². The molecule has 0 aromatic heterocycles. The largest absolute Gasteiger partial charge is 0.391 e. The van der Waals surface area contributed by atoms with Crippen molar-refractivity contribution in [2.24, 2.45) is 5.84 Å². The Kier molecular flexibility index (Phi) is 4.10. The topological polar surface area (TPSA) is 113 Å². The highest BCUT2D eigenvalue weighted by Crippen LogP contribution is 2.34. The lowest BCUT2D eigenvalue weighted by Crippen LogP contribution is -2.42. The molecule has 100 valence electrons. The molecule has 1 aromatic rings. The molecule has 0 amide bonds. The normalized spacial score (nSPS) is 12.9. The number of rotatable bonds is 5. The van der Waals surface area contributed by atoms with Crippen molar-refractivity contribution >= 4 is 17.1 Å². The molecule has 0 bridgehead atoms. The number of hydrogen-bond acceptors (Lipinski definition) is 6. The van der Waals surface area contributed by atoms with E-state index in [1.807, 2.05) is 0 Å². The lowest BCUT2D eigenvalue weighted by Gasteiger charge is -2.30. The third kappa shape index (κ3) is 2.88. The van der Waals surface area contributed by atoms with Crippen molar-refractivity contribution in [2.45, 2.75) is 32.4 Å². The van der Waals surface area contributed by atoms with Crippen LogP contribution in [0.25, 0.3) is 0 Å². The Morgan fingerprint density at radius 1 is 1.44 bits per heavy atom. The van der Waals surface area contributed by atoms with Crippen LogP contribution in [-0.4, -0.2) is 21.7 Å². The minimum atomic E-state index is -0.696. The van der Waals surface area contributed by atoms with Gasteiger partial charge in [0.1, 0.15) is 11.4 Å². The van der Waals surface area contributed by atoms with Crippen molar-refractivity contribution in [3.63, 3.8) is 0 Å². The molecule has 0 aliphatic heterocycles. The number of aliphatic hydroxyl groups excluding tert-OH is 1. The van der Waals surface area contributed by atoms with Gasteiger partial charge in [-0.25, -0.2) is 0 Å². The summed E-state index contributed by atoms with van der Waals surface area (Å²) in [6, 6.07) is 4.73. The Morgan fingerprint density at radius 2 is 2.00 bits per heavy atom. The van der Waals surface area contributed by atoms with Crippen molar-refractivity contribution in [1.29, 1.82) is 0 Å². The lowest BCUT2D eigenvalue weighted by atomic mass is 9.98. The zero-order valence-corrected chi connectivity index (χ0v) is 10.6. The number of hydrazine groups is 1. The highest BCUT2D eigenvalue weighted by Gasteiger charge is 2.28. The van der Waals surface area contributed by atoms with Crippen molar-refractivity contribution in [1.82, 2.24) is 0 Å². The Morgan fingerprint density at radius 3 is 2.44 bits per heavy atom. The van der Waals surface area contributed by atoms with Crippen LogP contribution in [0.2, 0.25) is 0 Å². The first-order valence-corrected chi connectivity index (χ1v) is 5.50. The van der Waals surface area contributed by atoms with Crippen LogP contribution in [0, 0.1) is 10.1 Å². The molecule has 0 saturated carbocycles. The summed E-state index contributed by atoms with van der Waals surface area (Å²) in [6.45, 7) is 5.12. The molecule has 18 heavy (non-hydrogen) atoms. The van der Waals surface area contributed by atoms with E-state index >= 15 is 0 Å². The molecule has 5 N–H and O–H groups in total. The summed E-state index contributed by atoms with van der Waals surface area (Å²) in [7, 11) is 0. The summed E-state index contributed by atoms with van der Waals surface area (Å²) in [6.07, 6.45) is -0.674. The molecule has 0 aliphatic rings. The van der Waals surface area contributed by atoms with Gasteiger partial charge in [0.15, 0.2) is 0 Å². The number of nitrogens with one attached hydrogen (secondary N) is 2. The average Bonchev–Trinajstić information content (AvgIpc) is 2.27. The van der Waals surface area contributed by atoms with Gasteiger partial charge in [-0.1, -0.05) is 6.07 Å². The Balaban J connectivity index is 3.21. The standard InChI is InChI=1S/C11H18N4O3/c1-7(16)11(2,3)13-8-5-4-6-9(14-12)10(8)15(17)18/h4-7,13-14,16H,12H2,1-3H3. The zero-order valence-electron chi connectivity index (χ0n) is 10.6. The van der Waals surface area contributed by atoms with Crippen LogP contribution < -0.4 is 16.6 Å². The van der Waals surface area contributed by atoms with Crippen LogP contribution in [0.4, 0.5) is 17.1 Å². The maximum Gasteiger partial charge on any atom is 0.316 e. The van der Waals surface area contributed by atoms with E-state index in [-0.39, 0.29) is 11.4 Å². The van der Waals surface area contributed by atoms with Gasteiger partial charge >= 0.3 is 5.69 Å². The number of nitrogens with zero attached hydrogens (tertiary/aromatic N) is 1. The number of nitrogens with two attached hydrogens (primary N) is 1. The van der Waals surface area contributed by atoms with Crippen LogP contribution in [-0.2, 0) is 0 Å². The predicted molar refractivity (Wildman–Crippen MR) is 70.3 cm³/mol. The van der Waals surface area contributed by atoms with Gasteiger partial charge in [0.25, 0.3) is 0 Å². The average molecular weight is 254 g/mol. The number of anilines is 2. The minimum absolute atomic E-state index is 0.145. The molecule has 0 saturated heterocycles. The molecule has 0 spiro atoms. The fourth-order valence-corrected chi connectivity index (χ4v) is 1.41. The van der Waals surface area contributed by atoms with Gasteiger partial charge in [0, 0.05) is 0 Å². The zero-order chi connectivity index (χ0) is 13.9. The van der Waals surface area contributed by atoms with Gasteiger partial charge in [-0.05, 0) is 32.9 Å². The third-order valence-corrected chi connectivity index (χ3v) is 2.88. The number of hydrogen-bond donors (Lipinski definition) is 4. The van der Waals surface area contributed by atoms with E-state index in [0.29, 0.717) is 5.69 Å². The van der Waals surface area contributed by atoms with Crippen LogP contribution in [0.5, 0.6) is 0 Å². The van der Waals surface area contributed by atoms with E-state index in [2.05, 4.69) is 10.7 Å². The molecule has 0 aliphatic carbocycles. The minimum Gasteiger partial charge on any atom is -0.391 e. The number of benzene rings is 1. The summed E-state index contributed by atoms with van der Waals surface area (Å²) in [4.78, 5) is 10.5. The molecule has 0 radical (unpaired) electrons. The first kappa shape index (κ1) is 14.2. The molecule has 1 unspecified atom stereocenters. The molecule has 1 rings (SSSR count). The number of nitro groups is 1. The van der Waals surface area contributed by atoms with Crippen LogP contribution in [0.1, 0.15) is 20.8 Å². The maximum atomic E-state index is 11.1. The third-order valence-electron chi connectivity index (χ3n) is 2.88. The van der Waals surface area contributed by atoms with E-state index in [1.165, 1.54) is 6.07 Å². The molecule has 0 fully saturated rings.